The lowest BCUT2D eigenvalue weighted by Crippen LogP contribution is -2.09. The van der Waals surface area contributed by atoms with Crippen molar-refractivity contribution in [2.24, 2.45) is 0 Å². The molecule has 1 amide bonds. The van der Waals surface area contributed by atoms with Crippen LogP contribution in [0.4, 0.5) is 5.82 Å². The monoisotopic (exact) mass is 545 g/mol. The molecule has 184 valence electrons. The fraction of sp³-hybridized carbons (Fsp3) is 0.172. The Morgan fingerprint density at radius 2 is 1.86 bits per heavy atom. The SMILES string of the molecule is COc1ccc(/C=C/C(=O)Nc2nn(Cc3ccc(C)cc3)cc2Br)cc1COc1cccc(C)c1. The molecule has 6 nitrogen and oxygen atoms in total. The van der Waals surface area contributed by atoms with E-state index < -0.39 is 0 Å². The number of amides is 1. The number of nitrogens with zero attached hydrogens (tertiary/aromatic N) is 2. The first-order chi connectivity index (χ1) is 17.4. The Morgan fingerprint density at radius 1 is 1.06 bits per heavy atom. The Morgan fingerprint density at radius 3 is 2.61 bits per heavy atom. The van der Waals surface area contributed by atoms with Crippen molar-refractivity contribution in [3.05, 3.63) is 111 Å². The standard InChI is InChI=1S/C29H28BrN3O3/c1-20-7-9-23(10-8-20)17-33-18-26(30)29(32-33)31-28(34)14-12-22-11-13-27(35-3)24(16-22)19-36-25-6-4-5-21(2)15-25/h4-16,18H,17,19H2,1-3H3,(H,31,32,34)/b14-12+. The van der Waals surface area contributed by atoms with Crippen LogP contribution in [0.25, 0.3) is 6.08 Å². The van der Waals surface area contributed by atoms with Crippen molar-refractivity contribution < 1.29 is 14.3 Å². The van der Waals surface area contributed by atoms with Crippen molar-refractivity contribution in [1.29, 1.82) is 0 Å². The van der Waals surface area contributed by atoms with Gasteiger partial charge in [-0.15, -0.1) is 0 Å². The van der Waals surface area contributed by atoms with Crippen LogP contribution in [0.15, 0.2) is 83.5 Å². The van der Waals surface area contributed by atoms with Crippen LogP contribution in [0.5, 0.6) is 11.5 Å². The number of methoxy groups -OCH3 is 1. The number of hydrogen-bond acceptors (Lipinski definition) is 4. The number of carbonyl (C=O) groups is 1. The zero-order valence-corrected chi connectivity index (χ0v) is 22.1. The summed E-state index contributed by atoms with van der Waals surface area (Å²) in [6.45, 7) is 5.05. The van der Waals surface area contributed by atoms with E-state index in [0.717, 1.165) is 38.2 Å². The number of aromatic nitrogens is 2. The van der Waals surface area contributed by atoms with Crippen LogP contribution in [0, 0.1) is 13.8 Å². The van der Waals surface area contributed by atoms with Crippen LogP contribution in [-0.2, 0) is 17.9 Å². The molecule has 0 aliphatic heterocycles. The molecule has 0 spiro atoms. The van der Waals surface area contributed by atoms with Crippen molar-refractivity contribution in [1.82, 2.24) is 9.78 Å². The Labute approximate surface area is 219 Å². The number of rotatable bonds is 9. The Hall–Kier alpha value is -3.84. The highest BCUT2D eigenvalue weighted by molar-refractivity contribution is 9.10. The minimum Gasteiger partial charge on any atom is -0.496 e. The van der Waals surface area contributed by atoms with Gasteiger partial charge in [0.25, 0.3) is 0 Å². The normalized spacial score (nSPS) is 11.0. The van der Waals surface area contributed by atoms with Gasteiger partial charge in [0.2, 0.25) is 5.91 Å². The summed E-state index contributed by atoms with van der Waals surface area (Å²) in [6.07, 6.45) is 5.09. The van der Waals surface area contributed by atoms with Gasteiger partial charge in [-0.2, -0.15) is 5.10 Å². The highest BCUT2D eigenvalue weighted by atomic mass is 79.9. The van der Waals surface area contributed by atoms with Crippen LogP contribution in [0.3, 0.4) is 0 Å². The molecule has 0 saturated carbocycles. The fourth-order valence-electron chi connectivity index (χ4n) is 3.65. The first-order valence-corrected chi connectivity index (χ1v) is 12.3. The highest BCUT2D eigenvalue weighted by Crippen LogP contribution is 2.24. The first-order valence-electron chi connectivity index (χ1n) is 11.5. The van der Waals surface area contributed by atoms with Crippen LogP contribution in [0.1, 0.15) is 27.8 Å². The first kappa shape index (κ1) is 25.3. The maximum absolute atomic E-state index is 12.6. The predicted octanol–water partition coefficient (Wildman–Crippen LogP) is 6.55. The van der Waals surface area contributed by atoms with Gasteiger partial charge < -0.3 is 14.8 Å². The molecule has 3 aromatic carbocycles. The summed E-state index contributed by atoms with van der Waals surface area (Å²) in [4.78, 5) is 12.6. The van der Waals surface area contributed by atoms with E-state index in [9.17, 15) is 4.79 Å². The van der Waals surface area contributed by atoms with Gasteiger partial charge in [-0.3, -0.25) is 9.48 Å². The zero-order chi connectivity index (χ0) is 25.5. The molecule has 4 rings (SSSR count). The van der Waals surface area contributed by atoms with Crippen LogP contribution in [-0.4, -0.2) is 22.8 Å². The third-order valence-corrected chi connectivity index (χ3v) is 6.12. The predicted molar refractivity (Wildman–Crippen MR) is 146 cm³/mol. The molecule has 0 unspecified atom stereocenters. The second-order valence-electron chi connectivity index (χ2n) is 8.51. The van der Waals surface area contributed by atoms with Gasteiger partial charge in [0.15, 0.2) is 5.82 Å². The van der Waals surface area contributed by atoms with Crippen molar-refractivity contribution in [2.45, 2.75) is 27.0 Å². The lowest BCUT2D eigenvalue weighted by Gasteiger charge is -2.11. The summed E-state index contributed by atoms with van der Waals surface area (Å²) in [7, 11) is 1.63. The second-order valence-corrected chi connectivity index (χ2v) is 9.36. The number of nitrogens with one attached hydrogen (secondary N) is 1. The molecule has 1 N–H and O–H groups in total. The molecule has 0 saturated heterocycles. The third-order valence-electron chi connectivity index (χ3n) is 5.54. The third kappa shape index (κ3) is 6.86. The summed E-state index contributed by atoms with van der Waals surface area (Å²) >= 11 is 3.48. The van der Waals surface area contributed by atoms with E-state index >= 15 is 0 Å². The number of anilines is 1. The molecule has 0 fully saturated rings. The molecule has 36 heavy (non-hydrogen) atoms. The van der Waals surface area contributed by atoms with E-state index in [4.69, 9.17) is 9.47 Å². The lowest BCUT2D eigenvalue weighted by molar-refractivity contribution is -0.111. The zero-order valence-electron chi connectivity index (χ0n) is 20.5. The number of aryl methyl sites for hydroxylation is 2. The number of benzene rings is 3. The smallest absolute Gasteiger partial charge is 0.249 e. The maximum atomic E-state index is 12.6. The topological polar surface area (TPSA) is 65.4 Å². The van der Waals surface area contributed by atoms with E-state index in [1.165, 1.54) is 11.6 Å². The Balaban J connectivity index is 1.39. The summed E-state index contributed by atoms with van der Waals surface area (Å²) in [5, 5.41) is 7.32. The van der Waals surface area contributed by atoms with Gasteiger partial charge in [0, 0.05) is 17.8 Å². The summed E-state index contributed by atoms with van der Waals surface area (Å²) in [6, 6.07) is 21.9. The molecule has 4 aromatic rings. The summed E-state index contributed by atoms with van der Waals surface area (Å²) in [5.41, 5.74) is 5.23. The average Bonchev–Trinajstić information content (AvgIpc) is 3.21. The van der Waals surface area contributed by atoms with Gasteiger partial charge >= 0.3 is 0 Å². The van der Waals surface area contributed by atoms with E-state index in [1.807, 2.05) is 55.6 Å². The number of hydrogen-bond donors (Lipinski definition) is 1. The van der Waals surface area contributed by atoms with Crippen molar-refractivity contribution in [3.8, 4) is 11.5 Å². The summed E-state index contributed by atoms with van der Waals surface area (Å²) < 4.78 is 13.9. The van der Waals surface area contributed by atoms with E-state index in [0.29, 0.717) is 19.0 Å². The van der Waals surface area contributed by atoms with Gasteiger partial charge in [-0.1, -0.05) is 48.0 Å². The molecule has 0 aliphatic rings. The number of ether oxygens (including phenoxy) is 2. The van der Waals surface area contributed by atoms with Crippen LogP contribution in [0.2, 0.25) is 0 Å². The Kier molecular flexibility index (Phi) is 8.23. The van der Waals surface area contributed by atoms with Gasteiger partial charge in [0.05, 0.1) is 18.1 Å². The van der Waals surface area contributed by atoms with Gasteiger partial charge in [-0.25, -0.2) is 0 Å². The minimum absolute atomic E-state index is 0.273. The Bertz CT molecular complexity index is 1380. The quantitative estimate of drug-likeness (QED) is 0.242. The molecular formula is C29H28BrN3O3. The molecule has 7 heteroatoms. The van der Waals surface area contributed by atoms with Crippen molar-refractivity contribution >= 4 is 33.7 Å². The van der Waals surface area contributed by atoms with E-state index in [-0.39, 0.29) is 5.91 Å². The average molecular weight is 546 g/mol. The van der Waals surface area contributed by atoms with Crippen molar-refractivity contribution in [2.75, 3.05) is 12.4 Å². The molecule has 0 radical (unpaired) electrons. The largest absolute Gasteiger partial charge is 0.496 e. The van der Waals surface area contributed by atoms with Gasteiger partial charge in [0.1, 0.15) is 18.1 Å². The van der Waals surface area contributed by atoms with Gasteiger partial charge in [-0.05, 0) is 76.8 Å². The molecule has 0 bridgehead atoms. The highest BCUT2D eigenvalue weighted by Gasteiger charge is 2.10. The number of halogens is 1. The minimum atomic E-state index is -0.273. The molecule has 1 heterocycles. The molecular weight excluding hydrogens is 518 g/mol. The molecule has 1 aromatic heterocycles. The van der Waals surface area contributed by atoms with Crippen LogP contribution < -0.4 is 14.8 Å². The second kappa shape index (κ2) is 11.7. The number of carbonyl (C=O) groups excluding carboxylic acids is 1. The maximum Gasteiger partial charge on any atom is 0.249 e. The van der Waals surface area contributed by atoms with Crippen LogP contribution >= 0.6 is 15.9 Å². The van der Waals surface area contributed by atoms with E-state index in [1.54, 1.807) is 17.9 Å². The fourth-order valence-corrected chi connectivity index (χ4v) is 4.07. The van der Waals surface area contributed by atoms with E-state index in [2.05, 4.69) is 57.5 Å². The summed E-state index contributed by atoms with van der Waals surface area (Å²) in [5.74, 6) is 1.72. The van der Waals surface area contributed by atoms with Crippen molar-refractivity contribution in [3.63, 3.8) is 0 Å². The molecule has 0 atom stereocenters. The lowest BCUT2D eigenvalue weighted by atomic mass is 10.1. The molecule has 0 aliphatic carbocycles.